The number of urea groups is 1. The molecule has 2 amide bonds. The van der Waals surface area contributed by atoms with Gasteiger partial charge in [0.05, 0.1) is 21.2 Å². The second-order valence-electron chi connectivity index (χ2n) is 8.91. The van der Waals surface area contributed by atoms with Crippen LogP contribution in [0, 0.1) is 13.8 Å². The molecule has 5 N–H and O–H groups in total. The fraction of sp³-hybridized carbons (Fsp3) is 0.111. The Hall–Kier alpha value is -4.62. The normalized spacial score (nSPS) is 11.3. The van der Waals surface area contributed by atoms with Crippen molar-refractivity contribution in [3.8, 4) is 10.6 Å². The van der Waals surface area contributed by atoms with E-state index in [0.29, 0.717) is 29.0 Å². The maximum atomic E-state index is 13.1. The molecule has 9 nitrogen and oxygen atoms in total. The van der Waals surface area contributed by atoms with Gasteiger partial charge in [0.2, 0.25) is 5.95 Å². The van der Waals surface area contributed by atoms with Crippen LogP contribution in [0.15, 0.2) is 66.0 Å². The minimum Gasteiger partial charge on any atom is -0.324 e. The van der Waals surface area contributed by atoms with Gasteiger partial charge in [-0.15, -0.1) is 11.3 Å². The lowest BCUT2D eigenvalue weighted by atomic mass is 10.1. The second-order valence-corrected chi connectivity index (χ2v) is 10.3. The van der Waals surface area contributed by atoms with E-state index in [2.05, 4.69) is 41.4 Å². The number of alkyl halides is 3. The van der Waals surface area contributed by atoms with Crippen LogP contribution >= 0.6 is 22.9 Å². The van der Waals surface area contributed by atoms with Gasteiger partial charge in [0.25, 0.3) is 0 Å². The number of amides is 2. The molecule has 0 aliphatic heterocycles. The van der Waals surface area contributed by atoms with Crippen molar-refractivity contribution in [1.82, 2.24) is 20.2 Å². The van der Waals surface area contributed by atoms with E-state index in [9.17, 15) is 18.0 Å². The first-order valence-corrected chi connectivity index (χ1v) is 13.3. The lowest BCUT2D eigenvalue weighted by Crippen LogP contribution is -2.20. The standard InChI is InChI=1S/C27H22ClF3N8OS/c1-14-10-16(33-26(40)34-17-5-7-19(28)18(12-17)27(29,30)31)6-8-20(14)35-25-32-15(2)11-23(37-25)36-24-13-21(38-39-24)22-4-3-9-41-22/h3-13H,1-2H3,(H2,33,34,40)(H3,32,35,36,37,38,39). The third kappa shape index (κ3) is 6.94. The fourth-order valence-electron chi connectivity index (χ4n) is 3.88. The molecule has 0 aliphatic carbocycles. The summed E-state index contributed by atoms with van der Waals surface area (Å²) in [5, 5.41) is 20.2. The molecule has 3 heterocycles. The molecule has 0 saturated carbocycles. The highest BCUT2D eigenvalue weighted by Crippen LogP contribution is 2.36. The number of carbonyl (C=O) groups excluding carboxylic acids is 1. The Labute approximate surface area is 241 Å². The Bertz CT molecular complexity index is 1710. The van der Waals surface area contributed by atoms with E-state index >= 15 is 0 Å². The Morgan fingerprint density at radius 2 is 1.68 bits per heavy atom. The highest BCUT2D eigenvalue weighted by molar-refractivity contribution is 7.13. The summed E-state index contributed by atoms with van der Waals surface area (Å²) in [6.07, 6.45) is -4.64. The number of thiophene rings is 1. The average molecular weight is 599 g/mol. The van der Waals surface area contributed by atoms with Crippen molar-refractivity contribution in [2.45, 2.75) is 20.0 Å². The number of benzene rings is 2. The van der Waals surface area contributed by atoms with Crippen molar-refractivity contribution in [3.05, 3.63) is 87.9 Å². The van der Waals surface area contributed by atoms with Crippen LogP contribution in [-0.2, 0) is 6.18 Å². The van der Waals surface area contributed by atoms with E-state index in [1.165, 1.54) is 6.07 Å². The molecule has 2 aromatic carbocycles. The zero-order valence-corrected chi connectivity index (χ0v) is 23.1. The van der Waals surface area contributed by atoms with Crippen LogP contribution in [0.2, 0.25) is 5.02 Å². The topological polar surface area (TPSA) is 120 Å². The summed E-state index contributed by atoms with van der Waals surface area (Å²) >= 11 is 7.24. The third-order valence-corrected chi connectivity index (χ3v) is 6.97. The van der Waals surface area contributed by atoms with Crippen molar-refractivity contribution in [2.24, 2.45) is 0 Å². The van der Waals surface area contributed by atoms with Gasteiger partial charge in [-0.05, 0) is 67.3 Å². The fourth-order valence-corrected chi connectivity index (χ4v) is 4.80. The van der Waals surface area contributed by atoms with Crippen LogP contribution in [-0.4, -0.2) is 26.2 Å². The number of halogens is 4. The molecule has 0 unspecified atom stereocenters. The third-order valence-electron chi connectivity index (χ3n) is 5.74. The number of hydrogen-bond acceptors (Lipinski definition) is 7. The SMILES string of the molecule is Cc1cc(Nc2cc(-c3cccs3)[nH]n2)nc(Nc2ccc(NC(=O)Nc3ccc(Cl)c(C(F)(F)F)c3)cc2C)n1. The monoisotopic (exact) mass is 598 g/mol. The lowest BCUT2D eigenvalue weighted by molar-refractivity contribution is -0.137. The maximum absolute atomic E-state index is 13.1. The van der Waals surface area contributed by atoms with Gasteiger partial charge < -0.3 is 21.3 Å². The smallest absolute Gasteiger partial charge is 0.324 e. The molecule has 0 bridgehead atoms. The van der Waals surface area contributed by atoms with Crippen LogP contribution in [0.25, 0.3) is 10.6 Å². The molecule has 14 heteroatoms. The Morgan fingerprint density at radius 1 is 0.927 bits per heavy atom. The molecule has 3 aromatic heterocycles. The number of anilines is 6. The first-order valence-electron chi connectivity index (χ1n) is 12.1. The number of aryl methyl sites for hydroxylation is 2. The van der Waals surface area contributed by atoms with Gasteiger partial charge in [0.15, 0.2) is 5.82 Å². The maximum Gasteiger partial charge on any atom is 0.417 e. The minimum absolute atomic E-state index is 0.0483. The number of hydrogen-bond donors (Lipinski definition) is 5. The Balaban J connectivity index is 1.24. The number of nitrogens with one attached hydrogen (secondary N) is 5. The van der Waals surface area contributed by atoms with E-state index in [0.717, 1.165) is 34.0 Å². The first-order chi connectivity index (χ1) is 19.5. The summed E-state index contributed by atoms with van der Waals surface area (Å²) in [4.78, 5) is 22.5. The molecule has 41 heavy (non-hydrogen) atoms. The number of rotatable bonds is 7. The summed E-state index contributed by atoms with van der Waals surface area (Å²) < 4.78 is 39.3. The molecule has 5 aromatic rings. The minimum atomic E-state index is -4.64. The number of aromatic nitrogens is 4. The molecule has 0 fully saturated rings. The van der Waals surface area contributed by atoms with E-state index < -0.39 is 22.8 Å². The number of carbonyl (C=O) groups is 1. The molecule has 0 radical (unpaired) electrons. The van der Waals surface area contributed by atoms with Gasteiger partial charge >= 0.3 is 12.2 Å². The van der Waals surface area contributed by atoms with Crippen molar-refractivity contribution in [2.75, 3.05) is 21.3 Å². The van der Waals surface area contributed by atoms with E-state index in [-0.39, 0.29) is 5.69 Å². The molecular formula is C27H22ClF3N8OS. The van der Waals surface area contributed by atoms with Gasteiger partial charge in [-0.1, -0.05) is 17.7 Å². The zero-order valence-electron chi connectivity index (χ0n) is 21.5. The van der Waals surface area contributed by atoms with Crippen molar-refractivity contribution >= 4 is 63.6 Å². The van der Waals surface area contributed by atoms with Gasteiger partial charge in [0.1, 0.15) is 5.82 Å². The summed E-state index contributed by atoms with van der Waals surface area (Å²) in [5.41, 5.74) is 2.43. The van der Waals surface area contributed by atoms with Gasteiger partial charge in [-0.2, -0.15) is 23.3 Å². The van der Waals surface area contributed by atoms with E-state index in [1.807, 2.05) is 37.4 Å². The molecule has 0 spiro atoms. The molecule has 0 saturated heterocycles. The number of aromatic amines is 1. The predicted octanol–water partition coefficient (Wildman–Crippen LogP) is 8.35. The molecular weight excluding hydrogens is 577 g/mol. The summed E-state index contributed by atoms with van der Waals surface area (Å²) in [5.74, 6) is 1.51. The lowest BCUT2D eigenvalue weighted by Gasteiger charge is -2.14. The highest BCUT2D eigenvalue weighted by Gasteiger charge is 2.33. The van der Waals surface area contributed by atoms with E-state index in [1.54, 1.807) is 35.6 Å². The largest absolute Gasteiger partial charge is 0.417 e. The Morgan fingerprint density at radius 3 is 2.39 bits per heavy atom. The van der Waals surface area contributed by atoms with Crippen LogP contribution in [0.3, 0.4) is 0 Å². The van der Waals surface area contributed by atoms with Crippen molar-refractivity contribution in [1.29, 1.82) is 0 Å². The highest BCUT2D eigenvalue weighted by atomic mass is 35.5. The van der Waals surface area contributed by atoms with Crippen LogP contribution in [0.1, 0.15) is 16.8 Å². The Kier molecular flexibility index (Phi) is 7.81. The summed E-state index contributed by atoms with van der Waals surface area (Å²) in [7, 11) is 0. The van der Waals surface area contributed by atoms with Gasteiger partial charge in [-0.3, -0.25) is 5.10 Å². The van der Waals surface area contributed by atoms with Crippen LogP contribution < -0.4 is 21.3 Å². The quantitative estimate of drug-likeness (QED) is 0.128. The summed E-state index contributed by atoms with van der Waals surface area (Å²) in [6, 6.07) is 15.2. The number of nitrogens with zero attached hydrogens (tertiary/aromatic N) is 3. The average Bonchev–Trinajstić information content (AvgIpc) is 3.58. The van der Waals surface area contributed by atoms with Gasteiger partial charge in [-0.25, -0.2) is 9.78 Å². The molecule has 0 atom stereocenters. The summed E-state index contributed by atoms with van der Waals surface area (Å²) in [6.45, 7) is 3.67. The molecule has 0 aliphatic rings. The van der Waals surface area contributed by atoms with Gasteiger partial charge in [0, 0.05) is 34.9 Å². The predicted molar refractivity (Wildman–Crippen MR) is 156 cm³/mol. The second kappa shape index (κ2) is 11.5. The molecule has 210 valence electrons. The van der Waals surface area contributed by atoms with E-state index in [4.69, 9.17) is 11.6 Å². The molecule has 5 rings (SSSR count). The van der Waals surface area contributed by atoms with Crippen molar-refractivity contribution < 1.29 is 18.0 Å². The first kappa shape index (κ1) is 27.9. The van der Waals surface area contributed by atoms with Crippen LogP contribution in [0.5, 0.6) is 0 Å². The van der Waals surface area contributed by atoms with Crippen molar-refractivity contribution in [3.63, 3.8) is 0 Å². The number of H-pyrrole nitrogens is 1. The van der Waals surface area contributed by atoms with Crippen LogP contribution in [0.4, 0.5) is 52.6 Å². The zero-order chi connectivity index (χ0) is 29.1.